The van der Waals surface area contributed by atoms with Crippen LogP contribution in [0.1, 0.15) is 24.4 Å². The van der Waals surface area contributed by atoms with E-state index in [1.54, 1.807) is 18.2 Å². The highest BCUT2D eigenvalue weighted by molar-refractivity contribution is 5.78. The highest BCUT2D eigenvalue weighted by Gasteiger charge is 2.16. The van der Waals surface area contributed by atoms with Gasteiger partial charge in [0.2, 0.25) is 5.91 Å². The molecule has 146 valence electrons. The van der Waals surface area contributed by atoms with Crippen LogP contribution in [0.25, 0.3) is 16.8 Å². The lowest BCUT2D eigenvalue weighted by Crippen LogP contribution is -2.30. The summed E-state index contributed by atoms with van der Waals surface area (Å²) >= 11 is 0. The van der Waals surface area contributed by atoms with Crippen molar-refractivity contribution in [3.63, 3.8) is 0 Å². The SMILES string of the molecule is CC(NC(=O)Cc1n[nH]c(=O)c2cc(-c3ccc(F)cc3)nn12)c1ccccc1. The fourth-order valence-corrected chi connectivity index (χ4v) is 3.10. The summed E-state index contributed by atoms with van der Waals surface area (Å²) in [4.78, 5) is 24.7. The Kier molecular flexibility index (Phi) is 4.90. The van der Waals surface area contributed by atoms with Crippen molar-refractivity contribution in [1.82, 2.24) is 25.1 Å². The molecule has 1 atom stereocenters. The van der Waals surface area contributed by atoms with Crippen molar-refractivity contribution in [2.75, 3.05) is 0 Å². The van der Waals surface area contributed by atoms with Crippen molar-refractivity contribution in [2.24, 2.45) is 0 Å². The first-order valence-corrected chi connectivity index (χ1v) is 9.09. The largest absolute Gasteiger partial charge is 0.349 e. The second-order valence-electron chi connectivity index (χ2n) is 6.68. The smallest absolute Gasteiger partial charge is 0.290 e. The first kappa shape index (κ1) is 18.5. The van der Waals surface area contributed by atoms with Gasteiger partial charge in [-0.2, -0.15) is 10.2 Å². The molecule has 0 spiro atoms. The highest BCUT2D eigenvalue weighted by Crippen LogP contribution is 2.19. The third-order valence-corrected chi connectivity index (χ3v) is 4.61. The summed E-state index contributed by atoms with van der Waals surface area (Å²) in [6.07, 6.45) is -0.0605. The van der Waals surface area contributed by atoms with Crippen LogP contribution >= 0.6 is 0 Å². The molecule has 0 bridgehead atoms. The van der Waals surface area contributed by atoms with E-state index < -0.39 is 5.56 Å². The Morgan fingerprint density at radius 2 is 1.90 bits per heavy atom. The van der Waals surface area contributed by atoms with Crippen molar-refractivity contribution in [1.29, 1.82) is 0 Å². The number of hydrogen-bond donors (Lipinski definition) is 2. The van der Waals surface area contributed by atoms with Gasteiger partial charge in [0.05, 0.1) is 18.2 Å². The van der Waals surface area contributed by atoms with Gasteiger partial charge in [0, 0.05) is 5.56 Å². The standard InChI is InChI=1S/C21H18FN5O2/c1-13(14-5-3-2-4-6-14)23-20(28)12-19-24-25-21(29)18-11-17(26-27(18)19)15-7-9-16(22)10-8-15/h2-11,13H,12H2,1H3,(H,23,28)(H,25,29). The highest BCUT2D eigenvalue weighted by atomic mass is 19.1. The van der Waals surface area contributed by atoms with Crippen LogP contribution in [0, 0.1) is 5.82 Å². The van der Waals surface area contributed by atoms with Crippen LogP contribution in [-0.2, 0) is 11.2 Å². The summed E-state index contributed by atoms with van der Waals surface area (Å²) in [5.74, 6) is -0.311. The maximum Gasteiger partial charge on any atom is 0.290 e. The third kappa shape index (κ3) is 3.91. The Balaban J connectivity index is 1.60. The van der Waals surface area contributed by atoms with E-state index in [9.17, 15) is 14.0 Å². The summed E-state index contributed by atoms with van der Waals surface area (Å²) < 4.78 is 14.5. The van der Waals surface area contributed by atoms with Gasteiger partial charge in [-0.1, -0.05) is 30.3 Å². The van der Waals surface area contributed by atoms with Crippen LogP contribution in [-0.4, -0.2) is 25.7 Å². The molecule has 1 amide bonds. The van der Waals surface area contributed by atoms with Crippen molar-refractivity contribution >= 4 is 11.4 Å². The molecule has 0 radical (unpaired) electrons. The van der Waals surface area contributed by atoms with Crippen LogP contribution in [0.15, 0.2) is 65.5 Å². The Morgan fingerprint density at radius 1 is 1.17 bits per heavy atom. The monoisotopic (exact) mass is 391 g/mol. The number of H-pyrrole nitrogens is 1. The zero-order chi connectivity index (χ0) is 20.4. The first-order valence-electron chi connectivity index (χ1n) is 9.09. The molecule has 2 N–H and O–H groups in total. The van der Waals surface area contributed by atoms with Gasteiger partial charge in [0.1, 0.15) is 11.3 Å². The van der Waals surface area contributed by atoms with E-state index in [2.05, 4.69) is 20.6 Å². The molecule has 4 rings (SSSR count). The average Bonchev–Trinajstić information content (AvgIpc) is 3.18. The zero-order valence-electron chi connectivity index (χ0n) is 15.6. The number of rotatable bonds is 5. The number of aromatic amines is 1. The molecule has 0 fully saturated rings. The van der Waals surface area contributed by atoms with E-state index in [1.807, 2.05) is 37.3 Å². The molecule has 0 aliphatic rings. The molecule has 29 heavy (non-hydrogen) atoms. The summed E-state index contributed by atoms with van der Waals surface area (Å²) in [5, 5.41) is 13.7. The average molecular weight is 391 g/mol. The van der Waals surface area contributed by atoms with Crippen LogP contribution in [0.4, 0.5) is 4.39 Å². The summed E-state index contributed by atoms with van der Waals surface area (Å²) in [6, 6.07) is 16.8. The Bertz CT molecular complexity index is 1220. The van der Waals surface area contributed by atoms with Crippen molar-refractivity contribution in [3.8, 4) is 11.3 Å². The Hall–Kier alpha value is -3.81. The number of fused-ring (bicyclic) bond motifs is 1. The lowest BCUT2D eigenvalue weighted by atomic mass is 10.1. The first-order chi connectivity index (χ1) is 14.0. The molecule has 2 heterocycles. The fraction of sp³-hybridized carbons (Fsp3) is 0.143. The zero-order valence-corrected chi connectivity index (χ0v) is 15.6. The fourth-order valence-electron chi connectivity index (χ4n) is 3.10. The normalized spacial score (nSPS) is 12.1. The number of nitrogens with one attached hydrogen (secondary N) is 2. The maximum atomic E-state index is 13.2. The minimum Gasteiger partial charge on any atom is -0.349 e. The molecule has 0 saturated heterocycles. The summed E-state index contributed by atoms with van der Waals surface area (Å²) in [7, 11) is 0. The van der Waals surface area contributed by atoms with Crippen LogP contribution in [0.3, 0.4) is 0 Å². The van der Waals surface area contributed by atoms with Gasteiger partial charge in [-0.25, -0.2) is 14.0 Å². The summed E-state index contributed by atoms with van der Waals surface area (Å²) in [5.41, 5.74) is 1.97. The van der Waals surface area contributed by atoms with E-state index in [0.717, 1.165) is 5.56 Å². The molecule has 0 saturated carbocycles. The number of halogens is 1. The van der Waals surface area contributed by atoms with E-state index in [0.29, 0.717) is 17.1 Å². The number of carbonyl (C=O) groups excluding carboxylic acids is 1. The van der Waals surface area contributed by atoms with Crippen molar-refractivity contribution in [2.45, 2.75) is 19.4 Å². The molecule has 0 aliphatic carbocycles. The molecule has 8 heteroatoms. The van der Waals surface area contributed by atoms with E-state index in [-0.39, 0.29) is 29.7 Å². The molecule has 2 aromatic carbocycles. The number of aromatic nitrogens is 4. The molecule has 2 aromatic heterocycles. The van der Waals surface area contributed by atoms with E-state index in [4.69, 9.17) is 0 Å². The quantitative estimate of drug-likeness (QED) is 0.547. The molecule has 4 aromatic rings. The van der Waals surface area contributed by atoms with Crippen LogP contribution in [0.2, 0.25) is 0 Å². The van der Waals surface area contributed by atoms with Gasteiger partial charge >= 0.3 is 0 Å². The lowest BCUT2D eigenvalue weighted by Gasteiger charge is -2.14. The Labute approximate surface area is 165 Å². The second kappa shape index (κ2) is 7.67. The van der Waals surface area contributed by atoms with Crippen LogP contribution < -0.4 is 10.9 Å². The van der Waals surface area contributed by atoms with Gasteiger partial charge in [-0.3, -0.25) is 9.59 Å². The van der Waals surface area contributed by atoms with Gasteiger partial charge in [-0.15, -0.1) is 0 Å². The topological polar surface area (TPSA) is 92.1 Å². The number of benzene rings is 2. The number of nitrogens with zero attached hydrogens (tertiary/aromatic N) is 3. The Morgan fingerprint density at radius 3 is 2.62 bits per heavy atom. The molecule has 7 nitrogen and oxygen atoms in total. The van der Waals surface area contributed by atoms with Crippen LogP contribution in [0.5, 0.6) is 0 Å². The van der Waals surface area contributed by atoms with Gasteiger partial charge in [0.25, 0.3) is 5.56 Å². The lowest BCUT2D eigenvalue weighted by molar-refractivity contribution is -0.121. The predicted octanol–water partition coefficient (Wildman–Crippen LogP) is 2.64. The van der Waals surface area contributed by atoms with E-state index >= 15 is 0 Å². The maximum absolute atomic E-state index is 13.2. The predicted molar refractivity (Wildman–Crippen MR) is 106 cm³/mol. The van der Waals surface area contributed by atoms with Crippen molar-refractivity contribution in [3.05, 3.63) is 88.2 Å². The van der Waals surface area contributed by atoms with Gasteiger partial charge in [0.15, 0.2) is 5.82 Å². The molecule has 1 unspecified atom stereocenters. The van der Waals surface area contributed by atoms with Crippen molar-refractivity contribution < 1.29 is 9.18 Å². The molecular weight excluding hydrogens is 373 g/mol. The molecular formula is C21H18FN5O2. The third-order valence-electron chi connectivity index (χ3n) is 4.61. The number of carbonyl (C=O) groups is 1. The minimum atomic E-state index is -0.423. The van der Waals surface area contributed by atoms with Gasteiger partial charge in [-0.05, 0) is 42.8 Å². The number of hydrogen-bond acceptors (Lipinski definition) is 4. The summed E-state index contributed by atoms with van der Waals surface area (Å²) in [6.45, 7) is 1.89. The minimum absolute atomic E-state index is 0.0605. The van der Waals surface area contributed by atoms with Gasteiger partial charge < -0.3 is 5.32 Å². The molecule has 0 aliphatic heterocycles. The number of amides is 1. The second-order valence-corrected chi connectivity index (χ2v) is 6.68. The van der Waals surface area contributed by atoms with E-state index in [1.165, 1.54) is 16.6 Å².